The summed E-state index contributed by atoms with van der Waals surface area (Å²) in [4.78, 5) is 0. The van der Waals surface area contributed by atoms with Crippen LogP contribution in [0.4, 0.5) is 5.69 Å². The van der Waals surface area contributed by atoms with Crippen molar-refractivity contribution >= 4 is 17.3 Å². The van der Waals surface area contributed by atoms with Crippen LogP contribution in [0, 0.1) is 0 Å². The largest absolute Gasteiger partial charge is 0.497 e. The third-order valence-corrected chi connectivity index (χ3v) is 3.17. The van der Waals surface area contributed by atoms with Gasteiger partial charge in [0.25, 0.3) is 0 Å². The molecule has 0 bridgehead atoms. The molecule has 0 saturated carbocycles. The van der Waals surface area contributed by atoms with Gasteiger partial charge in [-0.3, -0.25) is 0 Å². The van der Waals surface area contributed by atoms with Gasteiger partial charge in [-0.15, -0.1) is 0 Å². The maximum Gasteiger partial charge on any atom is 0.121 e. The second kappa shape index (κ2) is 6.45. The van der Waals surface area contributed by atoms with Gasteiger partial charge in [0.2, 0.25) is 0 Å². The van der Waals surface area contributed by atoms with Crippen molar-refractivity contribution < 1.29 is 9.84 Å². The molecule has 0 radical (unpaired) electrons. The van der Waals surface area contributed by atoms with Gasteiger partial charge < -0.3 is 15.2 Å². The molecule has 0 spiro atoms. The molecule has 4 heteroatoms. The fourth-order valence-corrected chi connectivity index (χ4v) is 1.95. The van der Waals surface area contributed by atoms with E-state index in [1.807, 2.05) is 30.3 Å². The number of hydrogen-bond acceptors (Lipinski definition) is 3. The fourth-order valence-electron chi connectivity index (χ4n) is 1.77. The lowest BCUT2D eigenvalue weighted by Crippen LogP contribution is -2.12. The second-order valence-corrected chi connectivity index (χ2v) is 4.56. The van der Waals surface area contributed by atoms with Crippen molar-refractivity contribution in [2.45, 2.75) is 6.10 Å². The predicted molar refractivity (Wildman–Crippen MR) is 77.9 cm³/mol. The smallest absolute Gasteiger partial charge is 0.121 e. The van der Waals surface area contributed by atoms with Crippen LogP contribution in [0.1, 0.15) is 11.7 Å². The van der Waals surface area contributed by atoms with Crippen LogP contribution >= 0.6 is 11.6 Å². The van der Waals surface area contributed by atoms with Gasteiger partial charge in [-0.2, -0.15) is 0 Å². The van der Waals surface area contributed by atoms with E-state index in [2.05, 4.69) is 5.32 Å². The van der Waals surface area contributed by atoms with Gasteiger partial charge in [0.05, 0.1) is 23.9 Å². The first kappa shape index (κ1) is 13.7. The Morgan fingerprint density at radius 3 is 2.63 bits per heavy atom. The van der Waals surface area contributed by atoms with Crippen LogP contribution < -0.4 is 10.1 Å². The van der Waals surface area contributed by atoms with Crippen molar-refractivity contribution in [3.8, 4) is 5.75 Å². The number of aliphatic hydroxyl groups is 1. The van der Waals surface area contributed by atoms with Crippen LogP contribution in [0.3, 0.4) is 0 Å². The topological polar surface area (TPSA) is 41.5 Å². The second-order valence-electron chi connectivity index (χ2n) is 4.15. The molecule has 2 aromatic carbocycles. The van der Waals surface area contributed by atoms with Crippen LogP contribution in [0.15, 0.2) is 48.5 Å². The minimum atomic E-state index is -0.580. The number of rotatable bonds is 5. The van der Waals surface area contributed by atoms with Crippen molar-refractivity contribution in [1.29, 1.82) is 0 Å². The molecule has 2 N–H and O–H groups in total. The summed E-state index contributed by atoms with van der Waals surface area (Å²) in [5.74, 6) is 0.723. The van der Waals surface area contributed by atoms with Crippen LogP contribution in [-0.2, 0) is 0 Å². The van der Waals surface area contributed by atoms with Gasteiger partial charge in [0, 0.05) is 12.6 Å². The lowest BCUT2D eigenvalue weighted by molar-refractivity contribution is 0.191. The van der Waals surface area contributed by atoms with Crippen LogP contribution in [-0.4, -0.2) is 18.8 Å². The SMILES string of the molecule is COc1ccc(Cl)c(NCC(O)c2ccccc2)c1. The predicted octanol–water partition coefficient (Wildman–Crippen LogP) is 3.49. The fraction of sp³-hybridized carbons (Fsp3) is 0.200. The average molecular weight is 278 g/mol. The van der Waals surface area contributed by atoms with Gasteiger partial charge in [0.15, 0.2) is 0 Å². The standard InChI is InChI=1S/C15H16ClNO2/c1-19-12-7-8-13(16)14(9-12)17-10-15(18)11-5-3-2-4-6-11/h2-9,15,17-18H,10H2,1H3. The van der Waals surface area contributed by atoms with E-state index >= 15 is 0 Å². The van der Waals surface area contributed by atoms with E-state index in [4.69, 9.17) is 16.3 Å². The molecule has 100 valence electrons. The number of nitrogens with one attached hydrogen (secondary N) is 1. The molecule has 0 fully saturated rings. The molecule has 2 rings (SSSR count). The average Bonchev–Trinajstić information content (AvgIpc) is 2.47. The Morgan fingerprint density at radius 1 is 1.21 bits per heavy atom. The zero-order valence-corrected chi connectivity index (χ0v) is 11.4. The third-order valence-electron chi connectivity index (χ3n) is 2.84. The first-order valence-electron chi connectivity index (χ1n) is 6.01. The molecule has 2 aromatic rings. The Balaban J connectivity index is 2.02. The van der Waals surface area contributed by atoms with Crippen LogP contribution in [0.25, 0.3) is 0 Å². The summed E-state index contributed by atoms with van der Waals surface area (Å²) in [6, 6.07) is 14.9. The van der Waals surface area contributed by atoms with Crippen molar-refractivity contribution in [2.24, 2.45) is 0 Å². The summed E-state index contributed by atoms with van der Waals surface area (Å²) in [7, 11) is 1.60. The summed E-state index contributed by atoms with van der Waals surface area (Å²) in [6.45, 7) is 0.386. The van der Waals surface area contributed by atoms with Gasteiger partial charge >= 0.3 is 0 Å². The first-order chi connectivity index (χ1) is 9.20. The molecule has 0 aromatic heterocycles. The molecular weight excluding hydrogens is 262 g/mol. The number of ether oxygens (including phenoxy) is 1. The lowest BCUT2D eigenvalue weighted by atomic mass is 10.1. The van der Waals surface area contributed by atoms with E-state index in [0.29, 0.717) is 11.6 Å². The zero-order valence-electron chi connectivity index (χ0n) is 10.6. The molecule has 3 nitrogen and oxygen atoms in total. The van der Waals surface area contributed by atoms with E-state index in [1.54, 1.807) is 25.3 Å². The molecule has 0 aliphatic carbocycles. The Hall–Kier alpha value is -1.71. The number of anilines is 1. The normalized spacial score (nSPS) is 11.9. The Bertz CT molecular complexity index is 531. The van der Waals surface area contributed by atoms with Crippen LogP contribution in [0.5, 0.6) is 5.75 Å². The van der Waals surface area contributed by atoms with E-state index in [0.717, 1.165) is 17.0 Å². The number of benzene rings is 2. The van der Waals surface area contributed by atoms with Crippen LogP contribution in [0.2, 0.25) is 5.02 Å². The highest BCUT2D eigenvalue weighted by molar-refractivity contribution is 6.33. The highest BCUT2D eigenvalue weighted by Crippen LogP contribution is 2.27. The summed E-state index contributed by atoms with van der Waals surface area (Å²) in [6.07, 6.45) is -0.580. The number of methoxy groups -OCH3 is 1. The Kier molecular flexibility index (Phi) is 4.66. The minimum Gasteiger partial charge on any atom is -0.497 e. The molecule has 19 heavy (non-hydrogen) atoms. The van der Waals surface area contributed by atoms with E-state index in [-0.39, 0.29) is 0 Å². The maximum atomic E-state index is 10.1. The molecule has 0 aliphatic heterocycles. The van der Waals surface area contributed by atoms with Gasteiger partial charge in [0.1, 0.15) is 5.75 Å². The molecular formula is C15H16ClNO2. The summed E-state index contributed by atoms with van der Waals surface area (Å²) < 4.78 is 5.14. The maximum absolute atomic E-state index is 10.1. The third kappa shape index (κ3) is 3.63. The molecule has 1 atom stereocenters. The minimum absolute atomic E-state index is 0.386. The number of hydrogen-bond donors (Lipinski definition) is 2. The number of aliphatic hydroxyl groups excluding tert-OH is 1. The summed E-state index contributed by atoms with van der Waals surface area (Å²) in [5, 5.41) is 13.8. The molecule has 0 saturated heterocycles. The highest BCUT2D eigenvalue weighted by Gasteiger charge is 2.08. The summed E-state index contributed by atoms with van der Waals surface area (Å²) in [5.41, 5.74) is 1.62. The first-order valence-corrected chi connectivity index (χ1v) is 6.39. The molecule has 1 unspecified atom stereocenters. The quantitative estimate of drug-likeness (QED) is 0.879. The molecule has 0 amide bonds. The monoisotopic (exact) mass is 277 g/mol. The summed E-state index contributed by atoms with van der Waals surface area (Å²) >= 11 is 6.08. The van der Waals surface area contributed by atoms with Gasteiger partial charge in [-0.25, -0.2) is 0 Å². The Morgan fingerprint density at radius 2 is 1.95 bits per heavy atom. The van der Waals surface area contributed by atoms with Gasteiger partial charge in [-0.1, -0.05) is 41.9 Å². The number of halogens is 1. The van der Waals surface area contributed by atoms with E-state index < -0.39 is 6.10 Å². The lowest BCUT2D eigenvalue weighted by Gasteiger charge is -2.14. The zero-order chi connectivity index (χ0) is 13.7. The van der Waals surface area contributed by atoms with E-state index in [1.165, 1.54) is 0 Å². The van der Waals surface area contributed by atoms with Crippen molar-refractivity contribution in [2.75, 3.05) is 19.0 Å². The van der Waals surface area contributed by atoms with Crippen molar-refractivity contribution in [1.82, 2.24) is 0 Å². The van der Waals surface area contributed by atoms with E-state index in [9.17, 15) is 5.11 Å². The van der Waals surface area contributed by atoms with Gasteiger partial charge in [-0.05, 0) is 17.7 Å². The highest BCUT2D eigenvalue weighted by atomic mass is 35.5. The Labute approximate surface area is 117 Å². The molecule has 0 aliphatic rings. The van der Waals surface area contributed by atoms with Crippen molar-refractivity contribution in [3.63, 3.8) is 0 Å². The molecule has 0 heterocycles. The van der Waals surface area contributed by atoms with Crippen molar-refractivity contribution in [3.05, 3.63) is 59.1 Å².